The number of hydrogen-bond donors (Lipinski definition) is 1. The molecule has 1 radical (unpaired) electrons. The first kappa shape index (κ1) is 30.7. The molecule has 3 N–H and O–H groups in total. The predicted octanol–water partition coefficient (Wildman–Crippen LogP) is -3.05. The quantitative estimate of drug-likeness (QED) is 0.360. The summed E-state index contributed by atoms with van der Waals surface area (Å²) in [5, 5.41) is 0. The molecule has 0 aliphatic carbocycles. The topological polar surface area (TPSA) is 121 Å². The van der Waals surface area contributed by atoms with Crippen LogP contribution in [0.4, 0.5) is 0 Å². The maximum atomic E-state index is 8.55. The van der Waals surface area contributed by atoms with Crippen LogP contribution in [0, 0.1) is 0 Å². The van der Waals surface area contributed by atoms with Crippen LogP contribution in [0.15, 0.2) is 0 Å². The minimum absolute atomic E-state index is 0. The standard InChI is InChI=1S/Fe.Mg.Mn.H3N.H3O4P/c;;;;1-5(2,3)4/h;;;1H3;(H3,1,2,3,4)/q3*+2;;/p-3. The summed E-state index contributed by atoms with van der Waals surface area (Å²) in [7, 11) is -5.39. The normalized spacial score (nSPS) is 6.56. The molecule has 0 unspecified atom stereocenters. The molecule has 0 saturated heterocycles. The molecule has 0 heterocycles. The van der Waals surface area contributed by atoms with E-state index in [-0.39, 0.29) is 63.3 Å². The van der Waals surface area contributed by atoms with Crippen molar-refractivity contribution in [3.63, 3.8) is 0 Å². The van der Waals surface area contributed by atoms with Crippen LogP contribution in [0.1, 0.15) is 0 Å². The summed E-state index contributed by atoms with van der Waals surface area (Å²) in [5.74, 6) is 0. The second-order valence-corrected chi connectivity index (χ2v) is 1.34. The fourth-order valence-electron chi connectivity index (χ4n) is 0. The Kier molecular flexibility index (Phi) is 42.8. The zero-order chi connectivity index (χ0) is 4.50. The molecule has 9 heavy (non-hydrogen) atoms. The summed E-state index contributed by atoms with van der Waals surface area (Å²) in [6, 6.07) is 0. The van der Waals surface area contributed by atoms with Crippen molar-refractivity contribution in [2.75, 3.05) is 0 Å². The summed E-state index contributed by atoms with van der Waals surface area (Å²) in [6.07, 6.45) is 0. The molecule has 0 amide bonds. The Bertz CT molecular complexity index is 66.7. The van der Waals surface area contributed by atoms with E-state index in [1.54, 1.807) is 0 Å². The summed E-state index contributed by atoms with van der Waals surface area (Å²) in [6.45, 7) is 0. The molecule has 0 aromatic heterocycles. The maximum absolute atomic E-state index is 8.55. The third-order valence-corrected chi connectivity index (χ3v) is 0. The Hall–Kier alpha value is 1.88. The SMILES string of the molecule is N.O=P([O-])([O-])[O-].[Fe+2].[Mg+2].[Mn+2]. The third kappa shape index (κ3) is 174. The first-order valence-electron chi connectivity index (χ1n) is 0.730. The molecular formula is H3FeMgMnNO4P+3. The monoisotopic (exact) mass is 247 g/mol. The summed E-state index contributed by atoms with van der Waals surface area (Å²) < 4.78 is 8.55. The molecule has 5 nitrogen and oxygen atoms in total. The van der Waals surface area contributed by atoms with Gasteiger partial charge in [-0.05, 0) is 0 Å². The minimum atomic E-state index is -5.39. The van der Waals surface area contributed by atoms with Crippen LogP contribution in [0.25, 0.3) is 0 Å². The molecule has 0 aromatic carbocycles. The smallest absolute Gasteiger partial charge is 0.822 e. The molecule has 0 fully saturated rings. The van der Waals surface area contributed by atoms with Crippen molar-refractivity contribution in [1.82, 2.24) is 6.15 Å². The van der Waals surface area contributed by atoms with Crippen molar-refractivity contribution in [2.24, 2.45) is 0 Å². The zero-order valence-electron chi connectivity index (χ0n) is 4.23. The van der Waals surface area contributed by atoms with Gasteiger partial charge in [-0.15, -0.1) is 0 Å². The molecule has 9 heteroatoms. The predicted molar refractivity (Wildman–Crippen MR) is 18.4 cm³/mol. The first-order chi connectivity index (χ1) is 2.00. The van der Waals surface area contributed by atoms with E-state index in [2.05, 4.69) is 0 Å². The van der Waals surface area contributed by atoms with E-state index in [1.807, 2.05) is 0 Å². The van der Waals surface area contributed by atoms with Gasteiger partial charge in [-0.3, -0.25) is 0 Å². The first-order valence-corrected chi connectivity index (χ1v) is 2.19. The van der Waals surface area contributed by atoms with Gasteiger partial charge in [0, 0.05) is 0 Å². The van der Waals surface area contributed by atoms with Gasteiger partial charge < -0.3 is 25.4 Å². The summed E-state index contributed by atoms with van der Waals surface area (Å²) in [4.78, 5) is 25.6. The van der Waals surface area contributed by atoms with E-state index >= 15 is 0 Å². The van der Waals surface area contributed by atoms with Crippen LogP contribution in [0.2, 0.25) is 0 Å². The number of phosphoric acid groups is 1. The Balaban J connectivity index is -0.0000000133. The average molecular weight is 247 g/mol. The molecule has 0 aliphatic rings. The Morgan fingerprint density at radius 1 is 1.11 bits per heavy atom. The van der Waals surface area contributed by atoms with Gasteiger partial charge in [0.05, 0.1) is 0 Å². The zero-order valence-corrected chi connectivity index (χ0v) is 8.82. The van der Waals surface area contributed by atoms with E-state index in [1.165, 1.54) is 0 Å². The van der Waals surface area contributed by atoms with Crippen LogP contribution < -0.4 is 20.8 Å². The molecular weight excluding hydrogens is 244 g/mol. The van der Waals surface area contributed by atoms with Crippen molar-refractivity contribution in [1.29, 1.82) is 0 Å². The van der Waals surface area contributed by atoms with E-state index in [0.29, 0.717) is 0 Å². The number of hydrogen-bond acceptors (Lipinski definition) is 5. The Labute approximate surface area is 89.9 Å². The van der Waals surface area contributed by atoms with Crippen molar-refractivity contribution in [3.8, 4) is 0 Å². The number of rotatable bonds is 0. The van der Waals surface area contributed by atoms with E-state index in [0.717, 1.165) is 0 Å². The van der Waals surface area contributed by atoms with E-state index in [9.17, 15) is 0 Å². The molecule has 0 atom stereocenters. The van der Waals surface area contributed by atoms with Gasteiger partial charge in [0.1, 0.15) is 0 Å². The molecule has 0 rings (SSSR count). The van der Waals surface area contributed by atoms with Gasteiger partial charge >= 0.3 is 57.2 Å². The van der Waals surface area contributed by atoms with Crippen LogP contribution >= 0.6 is 7.82 Å². The van der Waals surface area contributed by atoms with E-state index < -0.39 is 7.82 Å². The second kappa shape index (κ2) is 12.5. The molecule has 0 aromatic rings. The molecule has 0 bridgehead atoms. The Morgan fingerprint density at radius 2 is 1.11 bits per heavy atom. The van der Waals surface area contributed by atoms with Gasteiger partial charge in [0.25, 0.3) is 0 Å². The van der Waals surface area contributed by atoms with E-state index in [4.69, 9.17) is 19.2 Å². The van der Waals surface area contributed by atoms with Crippen molar-refractivity contribution in [2.45, 2.75) is 0 Å². The van der Waals surface area contributed by atoms with Crippen LogP contribution in [0.5, 0.6) is 0 Å². The fourth-order valence-corrected chi connectivity index (χ4v) is 0. The van der Waals surface area contributed by atoms with Crippen LogP contribution in [0.3, 0.4) is 0 Å². The van der Waals surface area contributed by atoms with Crippen molar-refractivity contribution < 1.29 is 53.4 Å². The molecule has 0 saturated carbocycles. The molecule has 51 valence electrons. The molecule has 0 spiro atoms. The average Bonchev–Trinajstić information content (AvgIpc) is 0.722. The fraction of sp³-hybridized carbons (Fsp3) is 0. The summed E-state index contributed by atoms with van der Waals surface area (Å²) >= 11 is 0. The van der Waals surface area contributed by atoms with Crippen molar-refractivity contribution >= 4 is 30.9 Å². The largest absolute Gasteiger partial charge is 2.00 e. The van der Waals surface area contributed by atoms with Gasteiger partial charge in [0.2, 0.25) is 0 Å². The van der Waals surface area contributed by atoms with Gasteiger partial charge in [0.15, 0.2) is 0 Å². The van der Waals surface area contributed by atoms with Gasteiger partial charge in [-0.1, -0.05) is 0 Å². The maximum Gasteiger partial charge on any atom is 2.00 e. The molecule has 0 aliphatic heterocycles. The Morgan fingerprint density at radius 3 is 1.11 bits per heavy atom. The van der Waals surface area contributed by atoms with Crippen molar-refractivity contribution in [3.05, 3.63) is 0 Å². The second-order valence-electron chi connectivity index (χ2n) is 0.447. The van der Waals surface area contributed by atoms with Crippen LogP contribution in [-0.2, 0) is 38.7 Å². The summed E-state index contributed by atoms with van der Waals surface area (Å²) in [5.41, 5.74) is 0. The van der Waals surface area contributed by atoms with Gasteiger partial charge in [-0.2, -0.15) is 7.82 Å². The third-order valence-electron chi connectivity index (χ3n) is 0. The van der Waals surface area contributed by atoms with Crippen LogP contribution in [-0.4, -0.2) is 23.1 Å². The minimum Gasteiger partial charge on any atom is -0.822 e. The van der Waals surface area contributed by atoms with Gasteiger partial charge in [-0.25, -0.2) is 0 Å².